The van der Waals surface area contributed by atoms with Crippen molar-refractivity contribution in [2.45, 2.75) is 24.1 Å². The number of sulfonamides is 1. The van der Waals surface area contributed by atoms with Crippen LogP contribution in [0.1, 0.15) is 22.8 Å². The molecular formula is C25H23F3N2O6S. The minimum atomic E-state index is -4.51. The SMILES string of the molecule is COc1ccccc1N(C)S(=O)(=O)c1ccc(C(=O)O[C@@H](C)C(=O)Nc2ccc(C(F)(F)F)cc2)cc1. The predicted molar refractivity (Wildman–Crippen MR) is 130 cm³/mol. The van der Waals surface area contributed by atoms with Crippen LogP contribution in [-0.2, 0) is 25.7 Å². The molecule has 0 aromatic heterocycles. The number of nitrogens with zero attached hydrogens (tertiary/aromatic N) is 1. The number of methoxy groups -OCH3 is 1. The predicted octanol–water partition coefficient (Wildman–Crippen LogP) is 4.72. The maximum absolute atomic E-state index is 13.0. The van der Waals surface area contributed by atoms with Crippen LogP contribution in [0, 0.1) is 0 Å². The summed E-state index contributed by atoms with van der Waals surface area (Å²) in [5.74, 6) is -1.29. The fourth-order valence-corrected chi connectivity index (χ4v) is 4.42. The van der Waals surface area contributed by atoms with Crippen molar-refractivity contribution in [1.29, 1.82) is 0 Å². The van der Waals surface area contributed by atoms with Gasteiger partial charge in [-0.25, -0.2) is 13.2 Å². The van der Waals surface area contributed by atoms with Gasteiger partial charge in [-0.3, -0.25) is 9.10 Å². The maximum Gasteiger partial charge on any atom is 0.416 e. The number of carbonyl (C=O) groups excluding carboxylic acids is 2. The smallest absolute Gasteiger partial charge is 0.416 e. The molecule has 0 fully saturated rings. The van der Waals surface area contributed by atoms with Gasteiger partial charge in [0.05, 0.1) is 28.8 Å². The Morgan fingerprint density at radius 1 is 0.946 bits per heavy atom. The maximum atomic E-state index is 13.0. The molecule has 0 radical (unpaired) electrons. The molecular weight excluding hydrogens is 513 g/mol. The van der Waals surface area contributed by atoms with Crippen molar-refractivity contribution in [1.82, 2.24) is 0 Å². The summed E-state index contributed by atoms with van der Waals surface area (Å²) in [6.45, 7) is 1.29. The molecule has 0 unspecified atom stereocenters. The second-order valence-electron chi connectivity index (χ2n) is 7.78. The van der Waals surface area contributed by atoms with Crippen LogP contribution >= 0.6 is 0 Å². The van der Waals surface area contributed by atoms with Crippen LogP contribution in [-0.4, -0.2) is 40.6 Å². The van der Waals surface area contributed by atoms with E-state index < -0.39 is 39.7 Å². The number of esters is 1. The van der Waals surface area contributed by atoms with E-state index in [0.29, 0.717) is 11.4 Å². The first-order valence-corrected chi connectivity index (χ1v) is 12.2. The molecule has 196 valence electrons. The highest BCUT2D eigenvalue weighted by atomic mass is 32.2. The fourth-order valence-electron chi connectivity index (χ4n) is 3.21. The minimum absolute atomic E-state index is 0.00641. The molecule has 0 saturated carbocycles. The van der Waals surface area contributed by atoms with Crippen LogP contribution in [0.4, 0.5) is 24.5 Å². The Morgan fingerprint density at radius 2 is 1.54 bits per heavy atom. The van der Waals surface area contributed by atoms with Crippen LogP contribution < -0.4 is 14.4 Å². The number of hydrogen-bond donors (Lipinski definition) is 1. The summed E-state index contributed by atoms with van der Waals surface area (Å²) < 4.78 is 75.5. The van der Waals surface area contributed by atoms with Gasteiger partial charge in [-0.2, -0.15) is 13.2 Å². The molecule has 37 heavy (non-hydrogen) atoms. The Hall–Kier alpha value is -4.06. The Morgan fingerprint density at radius 3 is 2.11 bits per heavy atom. The van der Waals surface area contributed by atoms with Gasteiger partial charge in [0.15, 0.2) is 6.10 Å². The molecule has 0 saturated heterocycles. The van der Waals surface area contributed by atoms with E-state index in [-0.39, 0.29) is 16.1 Å². The van der Waals surface area contributed by atoms with Gasteiger partial charge < -0.3 is 14.8 Å². The molecule has 1 atom stereocenters. The molecule has 1 N–H and O–H groups in total. The fraction of sp³-hybridized carbons (Fsp3) is 0.200. The molecule has 0 aliphatic rings. The third kappa shape index (κ3) is 6.39. The van der Waals surface area contributed by atoms with Crippen molar-refractivity contribution in [3.63, 3.8) is 0 Å². The van der Waals surface area contributed by atoms with E-state index in [1.807, 2.05) is 0 Å². The van der Waals surface area contributed by atoms with E-state index >= 15 is 0 Å². The lowest BCUT2D eigenvalue weighted by molar-refractivity contribution is -0.137. The van der Waals surface area contributed by atoms with Crippen molar-refractivity contribution in [3.8, 4) is 5.75 Å². The van der Waals surface area contributed by atoms with Gasteiger partial charge in [0.2, 0.25) is 0 Å². The van der Waals surface area contributed by atoms with E-state index in [4.69, 9.17) is 9.47 Å². The van der Waals surface area contributed by atoms with E-state index in [1.165, 1.54) is 45.3 Å². The summed E-state index contributed by atoms with van der Waals surface area (Å²) in [6.07, 6.45) is -5.79. The number of nitrogens with one attached hydrogen (secondary N) is 1. The lowest BCUT2D eigenvalue weighted by Crippen LogP contribution is -2.30. The van der Waals surface area contributed by atoms with Gasteiger partial charge in [-0.1, -0.05) is 12.1 Å². The highest BCUT2D eigenvalue weighted by Gasteiger charge is 2.30. The number of hydrogen-bond acceptors (Lipinski definition) is 6. The van der Waals surface area contributed by atoms with Gasteiger partial charge in [0, 0.05) is 12.7 Å². The third-order valence-electron chi connectivity index (χ3n) is 5.31. The van der Waals surface area contributed by atoms with Crippen LogP contribution in [0.25, 0.3) is 0 Å². The van der Waals surface area contributed by atoms with Crippen LogP contribution in [0.3, 0.4) is 0 Å². The number of rotatable bonds is 8. The molecule has 0 aliphatic carbocycles. The summed E-state index contributed by atoms with van der Waals surface area (Å²) in [5.41, 5.74) is -0.464. The number of halogens is 3. The molecule has 12 heteroatoms. The van der Waals surface area contributed by atoms with E-state index in [2.05, 4.69) is 5.32 Å². The zero-order valence-corrected chi connectivity index (χ0v) is 20.8. The second-order valence-corrected chi connectivity index (χ2v) is 9.75. The summed E-state index contributed by atoms with van der Waals surface area (Å²) in [6, 6.07) is 15.3. The number of ether oxygens (including phenoxy) is 2. The van der Waals surface area contributed by atoms with E-state index in [0.717, 1.165) is 28.6 Å². The Labute approximate surface area is 211 Å². The van der Waals surface area contributed by atoms with Crippen molar-refractivity contribution < 1.29 is 40.7 Å². The summed E-state index contributed by atoms with van der Waals surface area (Å²) >= 11 is 0. The Kier molecular flexibility index (Phi) is 8.12. The van der Waals surface area contributed by atoms with E-state index in [9.17, 15) is 31.2 Å². The standard InChI is InChI=1S/C25H23F3N2O6S/c1-16(23(31)29-19-12-10-18(11-13-19)25(26,27)28)36-24(32)17-8-14-20(15-9-17)37(33,34)30(2)21-6-4-5-7-22(21)35-3/h4-16H,1-3H3,(H,29,31)/t16-/m0/s1. The quantitative estimate of drug-likeness (QED) is 0.418. The highest BCUT2D eigenvalue weighted by Crippen LogP contribution is 2.31. The van der Waals surface area contributed by atoms with Gasteiger partial charge in [0.25, 0.3) is 15.9 Å². The largest absolute Gasteiger partial charge is 0.495 e. The molecule has 0 aliphatic heterocycles. The summed E-state index contributed by atoms with van der Waals surface area (Å²) in [5, 5.41) is 2.36. The average Bonchev–Trinajstić information content (AvgIpc) is 2.87. The second kappa shape index (κ2) is 10.9. The Bertz CT molecular complexity index is 1370. The lowest BCUT2D eigenvalue weighted by atomic mass is 10.2. The molecule has 0 bridgehead atoms. The molecule has 3 rings (SSSR count). The van der Waals surface area contributed by atoms with Crippen LogP contribution in [0.5, 0.6) is 5.75 Å². The zero-order valence-electron chi connectivity index (χ0n) is 19.9. The van der Waals surface area contributed by atoms with E-state index in [1.54, 1.807) is 24.3 Å². The molecule has 0 heterocycles. The number of amides is 1. The first kappa shape index (κ1) is 27.5. The normalized spacial score (nSPS) is 12.4. The number of carbonyl (C=O) groups is 2. The van der Waals surface area contributed by atoms with Crippen LogP contribution in [0.15, 0.2) is 77.7 Å². The number of anilines is 2. The highest BCUT2D eigenvalue weighted by molar-refractivity contribution is 7.92. The van der Waals surface area contributed by atoms with Gasteiger partial charge in [0.1, 0.15) is 5.75 Å². The van der Waals surface area contributed by atoms with Crippen molar-refractivity contribution in [3.05, 3.63) is 83.9 Å². The molecule has 3 aromatic carbocycles. The van der Waals surface area contributed by atoms with Crippen molar-refractivity contribution in [2.24, 2.45) is 0 Å². The molecule has 1 amide bonds. The van der Waals surface area contributed by atoms with Gasteiger partial charge in [-0.15, -0.1) is 0 Å². The molecule has 8 nitrogen and oxygen atoms in total. The first-order chi connectivity index (χ1) is 17.3. The zero-order chi connectivity index (χ0) is 27.4. The van der Waals surface area contributed by atoms with Crippen molar-refractivity contribution >= 4 is 33.3 Å². The number of benzene rings is 3. The monoisotopic (exact) mass is 536 g/mol. The van der Waals surface area contributed by atoms with Crippen LogP contribution in [0.2, 0.25) is 0 Å². The summed E-state index contributed by atoms with van der Waals surface area (Å²) in [4.78, 5) is 24.7. The minimum Gasteiger partial charge on any atom is -0.495 e. The average molecular weight is 537 g/mol. The first-order valence-electron chi connectivity index (χ1n) is 10.8. The number of alkyl halides is 3. The van der Waals surface area contributed by atoms with Gasteiger partial charge >= 0.3 is 12.1 Å². The summed E-state index contributed by atoms with van der Waals surface area (Å²) in [7, 11) is -1.20. The van der Waals surface area contributed by atoms with Gasteiger partial charge in [-0.05, 0) is 67.6 Å². The number of para-hydroxylation sites is 2. The molecule has 3 aromatic rings. The third-order valence-corrected chi connectivity index (χ3v) is 7.09. The molecule has 0 spiro atoms. The van der Waals surface area contributed by atoms with Crippen molar-refractivity contribution in [2.75, 3.05) is 23.8 Å². The Balaban J connectivity index is 1.66. The topological polar surface area (TPSA) is 102 Å². The lowest BCUT2D eigenvalue weighted by Gasteiger charge is -2.21.